The van der Waals surface area contributed by atoms with Gasteiger partial charge in [-0.05, 0) is 31.6 Å². The minimum atomic E-state index is -0.401. The van der Waals surface area contributed by atoms with Crippen molar-refractivity contribution in [1.29, 1.82) is 0 Å². The molecule has 1 aliphatic rings. The van der Waals surface area contributed by atoms with Crippen molar-refractivity contribution in [3.8, 4) is 0 Å². The van der Waals surface area contributed by atoms with Gasteiger partial charge in [0, 0.05) is 30.9 Å². The van der Waals surface area contributed by atoms with Crippen LogP contribution < -0.4 is 16.0 Å². The molecule has 3 N–H and O–H groups in total. The number of piperidine rings is 1. The standard InChI is InChI=1S/C17H29N5O.2ClH/c1-4-13-10-16(20-11-19-13)22-7-5-14(6-8-22)21-17(23)15(18)9-12(2)3;;/h10-12,14-15H,4-9,18H2,1-3H3,(H,21,23);2*1H/t15-;;/m0../s1. The molecule has 6 nitrogen and oxygen atoms in total. The zero-order chi connectivity index (χ0) is 16.8. The summed E-state index contributed by atoms with van der Waals surface area (Å²) in [6.45, 7) is 8.04. The first kappa shape index (κ1) is 23.9. The lowest BCUT2D eigenvalue weighted by atomic mass is 10.0. The number of nitrogens with zero attached hydrogens (tertiary/aromatic N) is 3. The number of halogens is 2. The van der Waals surface area contributed by atoms with Crippen molar-refractivity contribution in [2.24, 2.45) is 11.7 Å². The van der Waals surface area contributed by atoms with Crippen molar-refractivity contribution in [3.05, 3.63) is 18.1 Å². The summed E-state index contributed by atoms with van der Waals surface area (Å²) >= 11 is 0. The van der Waals surface area contributed by atoms with Gasteiger partial charge in [-0.15, -0.1) is 24.8 Å². The Morgan fingerprint density at radius 2 is 1.96 bits per heavy atom. The molecule has 2 rings (SSSR count). The molecule has 0 aromatic carbocycles. The van der Waals surface area contributed by atoms with Crippen LogP contribution in [-0.4, -0.2) is 41.0 Å². The van der Waals surface area contributed by atoms with E-state index in [0.29, 0.717) is 5.92 Å². The molecule has 1 amide bonds. The summed E-state index contributed by atoms with van der Waals surface area (Å²) in [5, 5.41) is 3.10. The van der Waals surface area contributed by atoms with Crippen LogP contribution in [0.2, 0.25) is 0 Å². The molecule has 0 unspecified atom stereocenters. The maximum absolute atomic E-state index is 12.1. The zero-order valence-corrected chi connectivity index (χ0v) is 16.9. The van der Waals surface area contributed by atoms with Crippen LogP contribution in [0.1, 0.15) is 45.7 Å². The monoisotopic (exact) mass is 391 g/mol. The second-order valence-electron chi connectivity index (χ2n) is 6.73. The molecule has 1 atom stereocenters. The van der Waals surface area contributed by atoms with Crippen molar-refractivity contribution in [3.63, 3.8) is 0 Å². The summed E-state index contributed by atoms with van der Waals surface area (Å²) in [6, 6.07) is 1.86. The van der Waals surface area contributed by atoms with Crippen LogP contribution in [0.4, 0.5) is 5.82 Å². The van der Waals surface area contributed by atoms with Crippen molar-refractivity contribution in [2.45, 2.75) is 58.5 Å². The van der Waals surface area contributed by atoms with E-state index in [1.807, 2.05) is 0 Å². The Hall–Kier alpha value is -1.11. The molecule has 0 bridgehead atoms. The van der Waals surface area contributed by atoms with Crippen molar-refractivity contribution in [1.82, 2.24) is 15.3 Å². The van der Waals surface area contributed by atoms with E-state index in [1.165, 1.54) is 0 Å². The Balaban J connectivity index is 0.00000288. The molecular weight excluding hydrogens is 361 g/mol. The molecule has 0 spiro atoms. The van der Waals surface area contributed by atoms with E-state index >= 15 is 0 Å². The van der Waals surface area contributed by atoms with Crippen molar-refractivity contribution < 1.29 is 4.79 Å². The minimum absolute atomic E-state index is 0. The van der Waals surface area contributed by atoms with E-state index in [9.17, 15) is 4.79 Å². The number of rotatable bonds is 6. The molecule has 8 heteroatoms. The summed E-state index contributed by atoms with van der Waals surface area (Å²) in [4.78, 5) is 23.0. The highest BCUT2D eigenvalue weighted by atomic mass is 35.5. The molecule has 0 aliphatic carbocycles. The average molecular weight is 392 g/mol. The van der Waals surface area contributed by atoms with Crippen molar-refractivity contribution in [2.75, 3.05) is 18.0 Å². The van der Waals surface area contributed by atoms with E-state index in [0.717, 1.165) is 50.3 Å². The number of amides is 1. The second-order valence-corrected chi connectivity index (χ2v) is 6.73. The molecule has 25 heavy (non-hydrogen) atoms. The van der Waals surface area contributed by atoms with Crippen LogP contribution >= 0.6 is 24.8 Å². The highest BCUT2D eigenvalue weighted by molar-refractivity contribution is 5.85. The predicted molar refractivity (Wildman–Crippen MR) is 107 cm³/mol. The molecular formula is C17H31Cl2N5O. The maximum Gasteiger partial charge on any atom is 0.237 e. The third-order valence-corrected chi connectivity index (χ3v) is 4.30. The van der Waals surface area contributed by atoms with Crippen LogP contribution in [0.15, 0.2) is 12.4 Å². The van der Waals surface area contributed by atoms with Gasteiger partial charge in [-0.1, -0.05) is 20.8 Å². The molecule has 1 saturated heterocycles. The van der Waals surface area contributed by atoms with Gasteiger partial charge in [0.2, 0.25) is 5.91 Å². The molecule has 1 aromatic rings. The van der Waals surface area contributed by atoms with E-state index in [2.05, 4.69) is 47.0 Å². The number of anilines is 1. The number of aryl methyl sites for hydroxylation is 1. The minimum Gasteiger partial charge on any atom is -0.356 e. The highest BCUT2D eigenvalue weighted by Crippen LogP contribution is 2.18. The number of nitrogens with one attached hydrogen (secondary N) is 1. The maximum atomic E-state index is 12.1. The van der Waals surface area contributed by atoms with Crippen LogP contribution in [-0.2, 0) is 11.2 Å². The smallest absolute Gasteiger partial charge is 0.237 e. The average Bonchev–Trinajstić information content (AvgIpc) is 2.55. The predicted octanol–water partition coefficient (Wildman–Crippen LogP) is 2.34. The third kappa shape index (κ3) is 7.34. The van der Waals surface area contributed by atoms with Crippen LogP contribution in [0.5, 0.6) is 0 Å². The topological polar surface area (TPSA) is 84.1 Å². The number of hydrogen-bond acceptors (Lipinski definition) is 5. The number of hydrogen-bond donors (Lipinski definition) is 2. The second kappa shape index (κ2) is 11.5. The number of aromatic nitrogens is 2. The Bertz CT molecular complexity index is 522. The van der Waals surface area contributed by atoms with Crippen molar-refractivity contribution >= 4 is 36.5 Å². The number of nitrogens with two attached hydrogens (primary N) is 1. The van der Waals surface area contributed by atoms with Crippen LogP contribution in [0.3, 0.4) is 0 Å². The van der Waals surface area contributed by atoms with Gasteiger partial charge in [0.25, 0.3) is 0 Å². The fourth-order valence-electron chi connectivity index (χ4n) is 2.93. The Kier molecular flexibility index (Phi) is 11.0. The van der Waals surface area contributed by atoms with E-state index in [1.54, 1.807) is 6.33 Å². The summed E-state index contributed by atoms with van der Waals surface area (Å²) in [6.07, 6.45) is 5.12. The number of carbonyl (C=O) groups is 1. The molecule has 2 heterocycles. The van der Waals surface area contributed by atoms with Gasteiger partial charge in [0.15, 0.2) is 0 Å². The first-order valence-electron chi connectivity index (χ1n) is 8.61. The SMILES string of the molecule is CCc1cc(N2CCC(NC(=O)[C@@H](N)CC(C)C)CC2)ncn1.Cl.Cl. The van der Waals surface area contributed by atoms with Gasteiger partial charge >= 0.3 is 0 Å². The van der Waals surface area contributed by atoms with Gasteiger partial charge < -0.3 is 16.0 Å². The fraction of sp³-hybridized carbons (Fsp3) is 0.706. The first-order chi connectivity index (χ1) is 11.0. The molecule has 1 aromatic heterocycles. The van der Waals surface area contributed by atoms with Crippen LogP contribution in [0, 0.1) is 5.92 Å². The molecule has 1 fully saturated rings. The molecule has 1 aliphatic heterocycles. The quantitative estimate of drug-likeness (QED) is 0.777. The lowest BCUT2D eigenvalue weighted by molar-refractivity contribution is -0.123. The number of carbonyl (C=O) groups excluding carboxylic acids is 1. The van der Waals surface area contributed by atoms with E-state index in [-0.39, 0.29) is 36.8 Å². The Morgan fingerprint density at radius 3 is 2.52 bits per heavy atom. The van der Waals surface area contributed by atoms with Gasteiger partial charge in [0.1, 0.15) is 12.1 Å². The van der Waals surface area contributed by atoms with Gasteiger partial charge in [-0.2, -0.15) is 0 Å². The summed E-state index contributed by atoms with van der Waals surface area (Å²) in [5.74, 6) is 1.40. The van der Waals surface area contributed by atoms with E-state index in [4.69, 9.17) is 5.73 Å². The van der Waals surface area contributed by atoms with Gasteiger partial charge in [0.05, 0.1) is 6.04 Å². The summed E-state index contributed by atoms with van der Waals surface area (Å²) < 4.78 is 0. The van der Waals surface area contributed by atoms with Gasteiger partial charge in [-0.3, -0.25) is 4.79 Å². The largest absolute Gasteiger partial charge is 0.356 e. The molecule has 0 radical (unpaired) electrons. The lowest BCUT2D eigenvalue weighted by Gasteiger charge is -2.33. The summed E-state index contributed by atoms with van der Waals surface area (Å²) in [5.41, 5.74) is 7.01. The fourth-order valence-corrected chi connectivity index (χ4v) is 2.93. The van der Waals surface area contributed by atoms with Crippen LogP contribution in [0.25, 0.3) is 0 Å². The molecule has 0 saturated carbocycles. The normalized spacial score (nSPS) is 16.0. The highest BCUT2D eigenvalue weighted by Gasteiger charge is 2.24. The lowest BCUT2D eigenvalue weighted by Crippen LogP contribution is -2.50. The Labute approximate surface area is 163 Å². The Morgan fingerprint density at radius 1 is 1.32 bits per heavy atom. The van der Waals surface area contributed by atoms with E-state index < -0.39 is 6.04 Å². The third-order valence-electron chi connectivity index (χ3n) is 4.30. The first-order valence-corrected chi connectivity index (χ1v) is 8.61. The zero-order valence-electron chi connectivity index (χ0n) is 15.3. The molecule has 144 valence electrons. The van der Waals surface area contributed by atoms with Gasteiger partial charge in [-0.25, -0.2) is 9.97 Å². The summed E-state index contributed by atoms with van der Waals surface area (Å²) in [7, 11) is 0.